The van der Waals surface area contributed by atoms with Gasteiger partial charge < -0.3 is 14.7 Å². The molecule has 0 amide bonds. The maximum absolute atomic E-state index is 10.6. The average Bonchev–Trinajstić information content (AvgIpc) is 2.49. The van der Waals surface area contributed by atoms with Gasteiger partial charge in [0.25, 0.3) is 0 Å². The first kappa shape index (κ1) is 15.6. The van der Waals surface area contributed by atoms with Crippen molar-refractivity contribution >= 4 is 0 Å². The van der Waals surface area contributed by atoms with E-state index in [1.54, 1.807) is 0 Å². The molecule has 1 aromatic rings. The van der Waals surface area contributed by atoms with Crippen molar-refractivity contribution in [2.24, 2.45) is 0 Å². The van der Waals surface area contributed by atoms with E-state index in [4.69, 9.17) is 9.57 Å². The summed E-state index contributed by atoms with van der Waals surface area (Å²) < 4.78 is 6.47. The fraction of sp³-hybridized carbons (Fsp3) is 0.667. The van der Waals surface area contributed by atoms with E-state index in [0.29, 0.717) is 12.4 Å². The highest BCUT2D eigenvalue weighted by atomic mass is 16.6. The lowest BCUT2D eigenvalue weighted by Crippen LogP contribution is -2.49. The molecule has 1 spiro atoms. The minimum absolute atomic E-state index is 0.0407. The van der Waals surface area contributed by atoms with Crippen molar-refractivity contribution in [2.75, 3.05) is 6.61 Å². The van der Waals surface area contributed by atoms with E-state index in [1.807, 2.05) is 20.8 Å². The van der Waals surface area contributed by atoms with Gasteiger partial charge in [0, 0.05) is 17.5 Å². The van der Waals surface area contributed by atoms with Crippen molar-refractivity contribution in [1.29, 1.82) is 0 Å². The molecular weight excluding hydrogens is 278 g/mol. The molecule has 0 aromatic heterocycles. The third kappa shape index (κ3) is 2.29. The van der Waals surface area contributed by atoms with Crippen LogP contribution in [0.2, 0.25) is 0 Å². The lowest BCUT2D eigenvalue weighted by Gasteiger charge is -2.49. The second-order valence-corrected chi connectivity index (χ2v) is 6.62. The highest BCUT2D eigenvalue weighted by molar-refractivity contribution is 5.60. The molecule has 0 radical (unpaired) electrons. The molecule has 1 atom stereocenters. The monoisotopic (exact) mass is 305 g/mol. The second kappa shape index (κ2) is 5.74. The van der Waals surface area contributed by atoms with Crippen LogP contribution in [0.15, 0.2) is 0 Å². The van der Waals surface area contributed by atoms with Crippen LogP contribution in [0.5, 0.6) is 11.5 Å². The molecule has 122 valence electrons. The Hall–Kier alpha value is -1.26. The third-order valence-corrected chi connectivity index (χ3v) is 5.35. The fourth-order valence-electron chi connectivity index (χ4n) is 3.79. The molecule has 2 aliphatic rings. The van der Waals surface area contributed by atoms with Crippen LogP contribution in [0.25, 0.3) is 0 Å². The second-order valence-electron chi connectivity index (χ2n) is 6.62. The number of hydrogen-bond donors (Lipinski definition) is 2. The molecule has 22 heavy (non-hydrogen) atoms. The highest BCUT2D eigenvalue weighted by Gasteiger charge is 2.47. The Morgan fingerprint density at radius 2 is 2.00 bits per heavy atom. The lowest BCUT2D eigenvalue weighted by molar-refractivity contribution is -0.0674. The fourth-order valence-corrected chi connectivity index (χ4v) is 3.79. The Bertz CT molecular complexity index is 578. The highest BCUT2D eigenvalue weighted by Crippen LogP contribution is 2.53. The summed E-state index contributed by atoms with van der Waals surface area (Å²) in [6, 6.07) is 0.0872. The zero-order chi connectivity index (χ0) is 15.9. The van der Waals surface area contributed by atoms with Crippen molar-refractivity contribution in [2.45, 2.75) is 71.4 Å². The lowest BCUT2D eigenvalue weighted by atomic mass is 9.72. The molecular formula is C18H27NO3. The molecule has 0 bridgehead atoms. The number of hydroxylamine groups is 1. The molecule has 2 N–H and O–H groups in total. The average molecular weight is 305 g/mol. The first-order valence-electron chi connectivity index (χ1n) is 8.44. The van der Waals surface area contributed by atoms with E-state index in [2.05, 4.69) is 12.4 Å². The van der Waals surface area contributed by atoms with Crippen molar-refractivity contribution < 1.29 is 14.7 Å². The first-order valence-corrected chi connectivity index (χ1v) is 8.44. The predicted octanol–water partition coefficient (Wildman–Crippen LogP) is 3.86. The molecule has 0 saturated heterocycles. The van der Waals surface area contributed by atoms with Gasteiger partial charge in [-0.15, -0.1) is 0 Å². The van der Waals surface area contributed by atoms with Crippen LogP contribution in [0, 0.1) is 13.8 Å². The molecule has 1 aromatic carbocycles. The van der Waals surface area contributed by atoms with Crippen molar-refractivity contribution in [3.8, 4) is 11.5 Å². The minimum Gasteiger partial charge on any atom is -0.507 e. The number of phenols is 1. The van der Waals surface area contributed by atoms with Crippen LogP contribution in [0.1, 0.15) is 67.8 Å². The van der Waals surface area contributed by atoms with E-state index >= 15 is 0 Å². The minimum atomic E-state index is -0.0407. The molecule has 1 heterocycles. The smallest absolute Gasteiger partial charge is 0.128 e. The Kier molecular flexibility index (Phi) is 4.08. The predicted molar refractivity (Wildman–Crippen MR) is 86.3 cm³/mol. The van der Waals surface area contributed by atoms with Gasteiger partial charge in [-0.05, 0) is 57.6 Å². The summed E-state index contributed by atoms with van der Waals surface area (Å²) in [6.45, 7) is 8.70. The number of ether oxygens (including phenoxy) is 1. The number of phenolic OH excluding ortho intramolecular Hbond substituents is 1. The van der Waals surface area contributed by atoms with E-state index in [9.17, 15) is 5.11 Å². The molecule has 4 heteroatoms. The Labute approximate surface area is 132 Å². The van der Waals surface area contributed by atoms with Crippen molar-refractivity contribution in [3.63, 3.8) is 0 Å². The SMILES string of the molecule is CCONC1CC2(CCC2)Oc2c(C)c(C)c(O)c(CC)c21. The van der Waals surface area contributed by atoms with E-state index in [-0.39, 0.29) is 11.6 Å². The standard InChI is InChI=1S/C18H27NO3/c1-5-13-15-14(19-21-6-2)10-18(8-7-9-18)22-17(15)12(4)11(3)16(13)20/h14,19-20H,5-10H2,1-4H3. The summed E-state index contributed by atoms with van der Waals surface area (Å²) in [5.41, 5.74) is 7.24. The number of aromatic hydroxyl groups is 1. The maximum atomic E-state index is 10.6. The number of rotatable bonds is 4. The van der Waals surface area contributed by atoms with Crippen LogP contribution in [0.3, 0.4) is 0 Å². The van der Waals surface area contributed by atoms with Gasteiger partial charge in [0.2, 0.25) is 0 Å². The summed E-state index contributed by atoms with van der Waals surface area (Å²) in [4.78, 5) is 5.51. The maximum Gasteiger partial charge on any atom is 0.128 e. The third-order valence-electron chi connectivity index (χ3n) is 5.35. The Morgan fingerprint density at radius 1 is 1.27 bits per heavy atom. The van der Waals surface area contributed by atoms with Crippen LogP contribution in [-0.2, 0) is 11.3 Å². The van der Waals surface area contributed by atoms with Gasteiger partial charge in [-0.25, -0.2) is 0 Å². The van der Waals surface area contributed by atoms with Crippen molar-refractivity contribution in [3.05, 3.63) is 22.3 Å². The van der Waals surface area contributed by atoms with Gasteiger partial charge in [0.1, 0.15) is 17.1 Å². The summed E-state index contributed by atoms with van der Waals surface area (Å²) in [6.07, 6.45) is 5.15. The van der Waals surface area contributed by atoms with Crippen LogP contribution < -0.4 is 10.2 Å². The molecule has 1 aliphatic carbocycles. The summed E-state index contributed by atoms with van der Waals surface area (Å²) in [7, 11) is 0. The van der Waals surface area contributed by atoms with Crippen LogP contribution in [-0.4, -0.2) is 17.3 Å². The molecule has 1 saturated carbocycles. The van der Waals surface area contributed by atoms with Gasteiger partial charge >= 0.3 is 0 Å². The molecule has 3 rings (SSSR count). The topological polar surface area (TPSA) is 50.7 Å². The first-order chi connectivity index (χ1) is 10.5. The molecule has 1 unspecified atom stereocenters. The van der Waals surface area contributed by atoms with E-state index < -0.39 is 0 Å². The van der Waals surface area contributed by atoms with Gasteiger partial charge in [-0.1, -0.05) is 6.92 Å². The van der Waals surface area contributed by atoms with Gasteiger partial charge in [0.05, 0.1) is 12.6 Å². The zero-order valence-corrected chi connectivity index (χ0v) is 14.1. The largest absolute Gasteiger partial charge is 0.507 e. The van der Waals surface area contributed by atoms with Crippen LogP contribution >= 0.6 is 0 Å². The summed E-state index contributed by atoms with van der Waals surface area (Å²) in [5.74, 6) is 1.38. The quantitative estimate of drug-likeness (QED) is 0.829. The molecule has 4 nitrogen and oxygen atoms in total. The number of benzene rings is 1. The number of nitrogens with one attached hydrogen (secondary N) is 1. The normalized spacial score (nSPS) is 22.1. The number of fused-ring (bicyclic) bond motifs is 1. The molecule has 1 aliphatic heterocycles. The Balaban J connectivity index is 2.12. The molecule has 1 fully saturated rings. The van der Waals surface area contributed by atoms with Gasteiger partial charge in [-0.3, -0.25) is 0 Å². The summed E-state index contributed by atoms with van der Waals surface area (Å²) >= 11 is 0. The van der Waals surface area contributed by atoms with E-state index in [1.165, 1.54) is 6.42 Å². The van der Waals surface area contributed by atoms with Gasteiger partial charge in [0.15, 0.2) is 0 Å². The van der Waals surface area contributed by atoms with Crippen LogP contribution in [0.4, 0.5) is 0 Å². The van der Waals surface area contributed by atoms with E-state index in [0.717, 1.165) is 53.7 Å². The van der Waals surface area contributed by atoms with Gasteiger partial charge in [-0.2, -0.15) is 5.48 Å². The van der Waals surface area contributed by atoms with Crippen molar-refractivity contribution in [1.82, 2.24) is 5.48 Å². The Morgan fingerprint density at radius 3 is 2.55 bits per heavy atom. The summed E-state index contributed by atoms with van der Waals surface area (Å²) in [5, 5.41) is 10.6. The zero-order valence-electron chi connectivity index (χ0n) is 14.1. The number of hydrogen-bond acceptors (Lipinski definition) is 4.